The molecule has 8 heteroatoms. The summed E-state index contributed by atoms with van der Waals surface area (Å²) in [5.41, 5.74) is 1.78. The van der Waals surface area contributed by atoms with Crippen molar-refractivity contribution < 1.29 is 19.1 Å². The number of carbonyl (C=O) groups is 2. The van der Waals surface area contributed by atoms with Crippen LogP contribution in [0.5, 0.6) is 11.5 Å². The summed E-state index contributed by atoms with van der Waals surface area (Å²) in [4.78, 5) is 27.0. The lowest BCUT2D eigenvalue weighted by Gasteiger charge is -2.38. The molecule has 1 aromatic carbocycles. The number of benzene rings is 1. The van der Waals surface area contributed by atoms with Gasteiger partial charge in [0.25, 0.3) is 0 Å². The number of carbonyl (C=O) groups excluding carboxylic acids is 2. The van der Waals surface area contributed by atoms with Crippen molar-refractivity contribution in [3.05, 3.63) is 72.4 Å². The van der Waals surface area contributed by atoms with Gasteiger partial charge < -0.3 is 19.7 Å². The number of rotatable bonds is 7. The molecule has 0 spiro atoms. The highest BCUT2D eigenvalue weighted by molar-refractivity contribution is 6.07. The Kier molecular flexibility index (Phi) is 6.70. The van der Waals surface area contributed by atoms with Gasteiger partial charge >= 0.3 is 6.03 Å². The van der Waals surface area contributed by atoms with Crippen LogP contribution in [0.4, 0.5) is 4.79 Å². The molecule has 1 fully saturated rings. The first-order chi connectivity index (χ1) is 17.2. The Morgan fingerprint density at radius 2 is 1.80 bits per heavy atom. The SMILES string of the molecule is COc1ccc(C2=NN(C3C=CC=CC=C3)C(=O)[C@@H]3CC=CC[C@H]23)cc1OCCN1CCNC1=O. The van der Waals surface area contributed by atoms with Crippen LogP contribution >= 0.6 is 0 Å². The van der Waals surface area contributed by atoms with Gasteiger partial charge in [-0.1, -0.05) is 48.6 Å². The lowest BCUT2D eigenvalue weighted by molar-refractivity contribution is -0.138. The Bertz CT molecular complexity index is 1120. The van der Waals surface area contributed by atoms with E-state index < -0.39 is 0 Å². The smallest absolute Gasteiger partial charge is 0.317 e. The zero-order valence-corrected chi connectivity index (χ0v) is 19.8. The van der Waals surface area contributed by atoms with Gasteiger partial charge in [0.2, 0.25) is 5.91 Å². The summed E-state index contributed by atoms with van der Waals surface area (Å²) in [5.74, 6) is 1.13. The van der Waals surface area contributed by atoms with Crippen LogP contribution < -0.4 is 14.8 Å². The van der Waals surface area contributed by atoms with Crippen LogP contribution in [-0.2, 0) is 4.79 Å². The first-order valence-corrected chi connectivity index (χ1v) is 12.1. The molecule has 2 aliphatic carbocycles. The molecule has 4 aliphatic rings. The topological polar surface area (TPSA) is 83.5 Å². The van der Waals surface area contributed by atoms with E-state index in [0.717, 1.165) is 17.7 Å². The Morgan fingerprint density at radius 1 is 1.03 bits per heavy atom. The lowest BCUT2D eigenvalue weighted by atomic mass is 9.76. The molecule has 2 heterocycles. The first-order valence-electron chi connectivity index (χ1n) is 12.1. The number of urea groups is 1. The second kappa shape index (κ2) is 10.2. The molecule has 0 unspecified atom stereocenters. The molecule has 5 rings (SSSR count). The Balaban J connectivity index is 1.44. The monoisotopic (exact) mass is 474 g/mol. The van der Waals surface area contributed by atoms with Crippen LogP contribution in [0, 0.1) is 11.8 Å². The molecule has 35 heavy (non-hydrogen) atoms. The van der Waals surface area contributed by atoms with Gasteiger partial charge in [-0.15, -0.1) is 0 Å². The highest BCUT2D eigenvalue weighted by atomic mass is 16.5. The van der Waals surface area contributed by atoms with E-state index in [9.17, 15) is 9.59 Å². The van der Waals surface area contributed by atoms with E-state index in [0.29, 0.717) is 44.2 Å². The standard InChI is InChI=1S/C27H30N4O4/c1-34-23-13-12-19(18-24(23)35-17-16-30-15-14-28-27(30)33)25-21-10-6-7-11-22(21)26(32)31(29-25)20-8-4-2-3-5-9-20/h2-9,12-13,18,20-22H,10-11,14-17H2,1H3,(H,28,33)/t21-,22+/m0/s1. The molecule has 1 saturated heterocycles. The second-order valence-electron chi connectivity index (χ2n) is 8.90. The van der Waals surface area contributed by atoms with E-state index in [-0.39, 0.29) is 29.8 Å². The fourth-order valence-corrected chi connectivity index (χ4v) is 4.93. The minimum atomic E-state index is -0.236. The molecular formula is C27H30N4O4. The van der Waals surface area contributed by atoms with Crippen molar-refractivity contribution in [1.82, 2.24) is 15.2 Å². The van der Waals surface area contributed by atoms with Gasteiger partial charge in [-0.2, -0.15) is 5.10 Å². The Morgan fingerprint density at radius 3 is 2.51 bits per heavy atom. The van der Waals surface area contributed by atoms with Gasteiger partial charge in [0.1, 0.15) is 6.61 Å². The van der Waals surface area contributed by atoms with Gasteiger partial charge in [-0.25, -0.2) is 9.80 Å². The number of fused-ring (bicyclic) bond motifs is 1. The van der Waals surface area contributed by atoms with Gasteiger partial charge in [-0.3, -0.25) is 4.79 Å². The number of allylic oxidation sites excluding steroid dienone is 6. The minimum Gasteiger partial charge on any atom is -0.493 e. The van der Waals surface area contributed by atoms with Gasteiger partial charge in [-0.05, 0) is 31.0 Å². The van der Waals surface area contributed by atoms with E-state index >= 15 is 0 Å². The van der Waals surface area contributed by atoms with Crippen molar-refractivity contribution in [3.63, 3.8) is 0 Å². The van der Waals surface area contributed by atoms with E-state index in [1.165, 1.54) is 0 Å². The summed E-state index contributed by atoms with van der Waals surface area (Å²) < 4.78 is 11.6. The number of nitrogens with one attached hydrogen (secondary N) is 1. The molecular weight excluding hydrogens is 444 g/mol. The van der Waals surface area contributed by atoms with Gasteiger partial charge in [0.15, 0.2) is 11.5 Å². The van der Waals surface area contributed by atoms with Crippen molar-refractivity contribution in [3.8, 4) is 11.5 Å². The van der Waals surface area contributed by atoms with Crippen LogP contribution in [0.3, 0.4) is 0 Å². The Labute approximate surface area is 205 Å². The molecule has 1 N–H and O–H groups in total. The third-order valence-electron chi connectivity index (χ3n) is 6.80. The lowest BCUT2D eigenvalue weighted by Crippen LogP contribution is -2.48. The molecule has 0 bridgehead atoms. The van der Waals surface area contributed by atoms with E-state index in [4.69, 9.17) is 14.6 Å². The molecule has 3 amide bonds. The van der Waals surface area contributed by atoms with Crippen LogP contribution in [0.1, 0.15) is 18.4 Å². The fourth-order valence-electron chi connectivity index (χ4n) is 4.93. The summed E-state index contributed by atoms with van der Waals surface area (Å²) in [5, 5.41) is 9.33. The van der Waals surface area contributed by atoms with E-state index in [1.807, 2.05) is 54.7 Å². The number of nitrogens with zero attached hydrogens (tertiary/aromatic N) is 3. The van der Waals surface area contributed by atoms with Crippen LogP contribution in [0.25, 0.3) is 0 Å². The Hall–Kier alpha value is -3.81. The van der Waals surface area contributed by atoms with E-state index in [2.05, 4.69) is 17.5 Å². The number of hydrazone groups is 1. The van der Waals surface area contributed by atoms with Crippen molar-refractivity contribution in [2.45, 2.75) is 18.9 Å². The largest absolute Gasteiger partial charge is 0.493 e. The van der Waals surface area contributed by atoms with Crippen LogP contribution in [0.15, 0.2) is 71.9 Å². The minimum absolute atomic E-state index is 0.00940. The zero-order chi connectivity index (χ0) is 24.2. The molecule has 2 aliphatic heterocycles. The van der Waals surface area contributed by atoms with Crippen LogP contribution in [-0.4, -0.2) is 67.0 Å². The predicted molar refractivity (Wildman–Crippen MR) is 133 cm³/mol. The van der Waals surface area contributed by atoms with Crippen molar-refractivity contribution in [1.29, 1.82) is 0 Å². The van der Waals surface area contributed by atoms with Crippen molar-refractivity contribution in [2.24, 2.45) is 16.9 Å². The number of hydrogen-bond acceptors (Lipinski definition) is 5. The summed E-state index contributed by atoms with van der Waals surface area (Å²) in [6.45, 7) is 2.18. The maximum absolute atomic E-state index is 13.4. The number of ether oxygens (including phenoxy) is 2. The quantitative estimate of drug-likeness (QED) is 0.615. The summed E-state index contributed by atoms with van der Waals surface area (Å²) in [6.07, 6.45) is 17.4. The number of methoxy groups -OCH3 is 1. The summed E-state index contributed by atoms with van der Waals surface area (Å²) in [7, 11) is 1.61. The third kappa shape index (κ3) is 4.73. The number of hydrogen-bond donors (Lipinski definition) is 1. The molecule has 182 valence electrons. The highest BCUT2D eigenvalue weighted by Crippen LogP contribution is 2.37. The van der Waals surface area contributed by atoms with Crippen molar-refractivity contribution >= 4 is 17.6 Å². The zero-order valence-electron chi connectivity index (χ0n) is 19.8. The molecule has 1 aromatic rings. The molecule has 2 atom stereocenters. The molecule has 0 aromatic heterocycles. The third-order valence-corrected chi connectivity index (χ3v) is 6.80. The maximum Gasteiger partial charge on any atom is 0.317 e. The summed E-state index contributed by atoms with van der Waals surface area (Å²) in [6, 6.07) is 5.48. The van der Waals surface area contributed by atoms with Crippen LogP contribution in [0.2, 0.25) is 0 Å². The molecule has 0 saturated carbocycles. The number of amides is 3. The normalized spacial score (nSPS) is 23.7. The predicted octanol–water partition coefficient (Wildman–Crippen LogP) is 3.28. The molecule has 8 nitrogen and oxygen atoms in total. The average Bonchev–Trinajstić information content (AvgIpc) is 3.12. The van der Waals surface area contributed by atoms with E-state index in [1.54, 1.807) is 17.0 Å². The fraction of sp³-hybridized carbons (Fsp3) is 0.370. The molecule has 0 radical (unpaired) electrons. The second-order valence-corrected chi connectivity index (χ2v) is 8.90. The maximum atomic E-state index is 13.4. The first kappa shape index (κ1) is 23.0. The average molecular weight is 475 g/mol. The van der Waals surface area contributed by atoms with Gasteiger partial charge in [0.05, 0.1) is 31.3 Å². The summed E-state index contributed by atoms with van der Waals surface area (Å²) >= 11 is 0. The van der Waals surface area contributed by atoms with Crippen molar-refractivity contribution in [2.75, 3.05) is 33.4 Å². The van der Waals surface area contributed by atoms with Gasteiger partial charge in [0, 0.05) is 24.6 Å². The highest BCUT2D eigenvalue weighted by Gasteiger charge is 2.41.